The molecule has 2 heterocycles. The summed E-state index contributed by atoms with van der Waals surface area (Å²) in [7, 11) is 1.73. The Morgan fingerprint density at radius 2 is 2.28 bits per heavy atom. The Morgan fingerprint density at radius 3 is 2.83 bits per heavy atom. The third-order valence-corrected chi connectivity index (χ3v) is 2.40. The highest BCUT2D eigenvalue weighted by molar-refractivity contribution is 5.78. The standard InChI is InChI=1S/C11H13N5O2/c1-7-3-9(13-6-12-7)15-10(11(17)18)8-4-14-16(2)5-8/h3-6,10H,1-2H3,(H,17,18)(H,12,13,15). The SMILES string of the molecule is Cc1cc(NC(C(=O)O)c2cnn(C)c2)ncn1. The molecule has 1 unspecified atom stereocenters. The van der Waals surface area contributed by atoms with E-state index in [1.54, 1.807) is 24.0 Å². The first-order valence-corrected chi connectivity index (χ1v) is 5.33. The van der Waals surface area contributed by atoms with Gasteiger partial charge in [-0.1, -0.05) is 0 Å². The van der Waals surface area contributed by atoms with Gasteiger partial charge < -0.3 is 10.4 Å². The average Bonchev–Trinajstić information content (AvgIpc) is 2.72. The fraction of sp³-hybridized carbons (Fsp3) is 0.273. The van der Waals surface area contributed by atoms with E-state index in [0.717, 1.165) is 5.69 Å². The minimum atomic E-state index is -0.987. The highest BCUT2D eigenvalue weighted by Crippen LogP contribution is 2.17. The van der Waals surface area contributed by atoms with E-state index in [4.69, 9.17) is 0 Å². The Morgan fingerprint density at radius 1 is 1.50 bits per heavy atom. The van der Waals surface area contributed by atoms with Gasteiger partial charge in [0.05, 0.1) is 6.20 Å². The monoisotopic (exact) mass is 247 g/mol. The predicted molar refractivity (Wildman–Crippen MR) is 64.0 cm³/mol. The van der Waals surface area contributed by atoms with Crippen molar-refractivity contribution in [1.29, 1.82) is 0 Å². The highest BCUT2D eigenvalue weighted by atomic mass is 16.4. The summed E-state index contributed by atoms with van der Waals surface area (Å²) >= 11 is 0. The van der Waals surface area contributed by atoms with Gasteiger partial charge in [-0.05, 0) is 6.92 Å². The number of rotatable bonds is 4. The summed E-state index contributed by atoms with van der Waals surface area (Å²) in [4.78, 5) is 19.2. The van der Waals surface area contributed by atoms with E-state index in [0.29, 0.717) is 11.4 Å². The van der Waals surface area contributed by atoms with Gasteiger partial charge in [0.1, 0.15) is 12.1 Å². The van der Waals surface area contributed by atoms with Gasteiger partial charge in [-0.25, -0.2) is 14.8 Å². The van der Waals surface area contributed by atoms with E-state index < -0.39 is 12.0 Å². The van der Waals surface area contributed by atoms with Gasteiger partial charge in [0, 0.05) is 30.6 Å². The second-order valence-corrected chi connectivity index (χ2v) is 3.91. The molecule has 0 aliphatic heterocycles. The molecule has 0 amide bonds. The molecule has 0 aliphatic carbocycles. The summed E-state index contributed by atoms with van der Waals surface area (Å²) < 4.78 is 1.55. The van der Waals surface area contributed by atoms with Crippen LogP contribution < -0.4 is 5.32 Å². The van der Waals surface area contributed by atoms with Gasteiger partial charge in [-0.3, -0.25) is 4.68 Å². The fourth-order valence-electron chi connectivity index (χ4n) is 1.56. The summed E-state index contributed by atoms with van der Waals surface area (Å²) in [6, 6.07) is 0.805. The van der Waals surface area contributed by atoms with Crippen molar-refractivity contribution >= 4 is 11.8 Å². The van der Waals surface area contributed by atoms with Gasteiger partial charge in [0.25, 0.3) is 0 Å². The highest BCUT2D eigenvalue weighted by Gasteiger charge is 2.21. The van der Waals surface area contributed by atoms with E-state index >= 15 is 0 Å². The van der Waals surface area contributed by atoms with Crippen molar-refractivity contribution in [2.45, 2.75) is 13.0 Å². The van der Waals surface area contributed by atoms with Crippen LogP contribution in [0.15, 0.2) is 24.8 Å². The molecule has 7 nitrogen and oxygen atoms in total. The largest absolute Gasteiger partial charge is 0.479 e. The number of carbonyl (C=O) groups is 1. The molecule has 0 fully saturated rings. The van der Waals surface area contributed by atoms with Crippen molar-refractivity contribution in [1.82, 2.24) is 19.7 Å². The lowest BCUT2D eigenvalue weighted by Gasteiger charge is -2.13. The lowest BCUT2D eigenvalue weighted by molar-refractivity contribution is -0.138. The molecular formula is C11H13N5O2. The third kappa shape index (κ3) is 2.62. The maximum Gasteiger partial charge on any atom is 0.330 e. The second-order valence-electron chi connectivity index (χ2n) is 3.91. The lowest BCUT2D eigenvalue weighted by atomic mass is 10.1. The van der Waals surface area contributed by atoms with Crippen molar-refractivity contribution in [2.75, 3.05) is 5.32 Å². The predicted octanol–water partition coefficient (Wildman–Crippen LogP) is 0.756. The topological polar surface area (TPSA) is 92.9 Å². The number of aliphatic carboxylic acids is 1. The molecule has 0 radical (unpaired) electrons. The molecule has 0 saturated carbocycles. The molecule has 0 aliphatic rings. The average molecular weight is 247 g/mol. The normalized spacial score (nSPS) is 12.1. The van der Waals surface area contributed by atoms with Crippen LogP contribution in [0.5, 0.6) is 0 Å². The van der Waals surface area contributed by atoms with Crippen molar-refractivity contribution in [3.8, 4) is 0 Å². The van der Waals surface area contributed by atoms with Crippen LogP contribution in [-0.2, 0) is 11.8 Å². The third-order valence-electron chi connectivity index (χ3n) is 2.40. The van der Waals surface area contributed by atoms with Crippen molar-refractivity contribution in [2.24, 2.45) is 7.05 Å². The Balaban J connectivity index is 2.24. The number of hydrogen-bond acceptors (Lipinski definition) is 5. The fourth-order valence-corrected chi connectivity index (χ4v) is 1.56. The summed E-state index contributed by atoms with van der Waals surface area (Å²) in [6.07, 6.45) is 4.56. The Bertz CT molecular complexity index is 566. The zero-order valence-electron chi connectivity index (χ0n) is 10.0. The molecule has 2 aromatic rings. The van der Waals surface area contributed by atoms with E-state index in [2.05, 4.69) is 20.4 Å². The first kappa shape index (κ1) is 12.0. The maximum absolute atomic E-state index is 11.3. The Labute approximate surface area is 104 Å². The van der Waals surface area contributed by atoms with E-state index in [9.17, 15) is 9.90 Å². The maximum atomic E-state index is 11.3. The van der Waals surface area contributed by atoms with Gasteiger partial charge in [0.2, 0.25) is 0 Å². The van der Waals surface area contributed by atoms with Crippen molar-refractivity contribution in [3.05, 3.63) is 36.0 Å². The first-order chi connectivity index (χ1) is 8.56. The minimum Gasteiger partial charge on any atom is -0.479 e. The van der Waals surface area contributed by atoms with Crippen LogP contribution in [-0.4, -0.2) is 30.8 Å². The number of aromatic nitrogens is 4. The van der Waals surface area contributed by atoms with Crippen molar-refractivity contribution < 1.29 is 9.90 Å². The van der Waals surface area contributed by atoms with Crippen LogP contribution in [0.3, 0.4) is 0 Å². The summed E-state index contributed by atoms with van der Waals surface area (Å²) in [5.41, 5.74) is 1.34. The molecule has 2 rings (SSSR count). The smallest absolute Gasteiger partial charge is 0.330 e. The van der Waals surface area contributed by atoms with Crippen LogP contribution in [0.4, 0.5) is 5.82 Å². The number of anilines is 1. The molecule has 0 bridgehead atoms. The number of nitrogens with zero attached hydrogens (tertiary/aromatic N) is 4. The molecule has 0 saturated heterocycles. The molecule has 0 aromatic carbocycles. The van der Waals surface area contributed by atoms with Crippen LogP contribution in [0, 0.1) is 6.92 Å². The molecule has 7 heteroatoms. The second kappa shape index (κ2) is 4.82. The molecule has 2 N–H and O–H groups in total. The number of aryl methyl sites for hydroxylation is 2. The van der Waals surface area contributed by atoms with E-state index in [1.165, 1.54) is 12.5 Å². The quantitative estimate of drug-likeness (QED) is 0.828. The minimum absolute atomic E-state index is 0.471. The zero-order chi connectivity index (χ0) is 13.1. The van der Waals surface area contributed by atoms with Crippen LogP contribution in [0.2, 0.25) is 0 Å². The van der Waals surface area contributed by atoms with Gasteiger partial charge in [0.15, 0.2) is 6.04 Å². The number of carboxylic acid groups (broad SMARTS) is 1. The number of hydrogen-bond donors (Lipinski definition) is 2. The van der Waals surface area contributed by atoms with Crippen LogP contribution in [0.1, 0.15) is 17.3 Å². The van der Waals surface area contributed by atoms with E-state index in [-0.39, 0.29) is 0 Å². The van der Waals surface area contributed by atoms with Crippen LogP contribution in [0.25, 0.3) is 0 Å². The summed E-state index contributed by atoms with van der Waals surface area (Å²) in [5.74, 6) is -0.516. The molecule has 18 heavy (non-hydrogen) atoms. The van der Waals surface area contributed by atoms with E-state index in [1.807, 2.05) is 6.92 Å². The Hall–Kier alpha value is -2.44. The number of carboxylic acids is 1. The molecular weight excluding hydrogens is 234 g/mol. The van der Waals surface area contributed by atoms with Crippen molar-refractivity contribution in [3.63, 3.8) is 0 Å². The molecule has 0 spiro atoms. The first-order valence-electron chi connectivity index (χ1n) is 5.33. The zero-order valence-corrected chi connectivity index (χ0v) is 10.0. The molecule has 94 valence electrons. The Kier molecular flexibility index (Phi) is 3.22. The number of nitrogens with one attached hydrogen (secondary N) is 1. The summed E-state index contributed by atoms with van der Waals surface area (Å²) in [5, 5.41) is 16.0. The summed E-state index contributed by atoms with van der Waals surface area (Å²) in [6.45, 7) is 1.81. The lowest BCUT2D eigenvalue weighted by Crippen LogP contribution is -2.20. The van der Waals surface area contributed by atoms with Crippen LogP contribution >= 0.6 is 0 Å². The molecule has 1 atom stereocenters. The molecule has 2 aromatic heterocycles. The van der Waals surface area contributed by atoms with Gasteiger partial charge >= 0.3 is 5.97 Å². The van der Waals surface area contributed by atoms with Gasteiger partial charge in [-0.2, -0.15) is 5.10 Å². The van der Waals surface area contributed by atoms with Gasteiger partial charge in [-0.15, -0.1) is 0 Å².